The molecule has 3 N–H and O–H groups in total. The lowest BCUT2D eigenvalue weighted by Gasteiger charge is -2.20. The predicted octanol–water partition coefficient (Wildman–Crippen LogP) is 5.18. The Balaban J connectivity index is 1.66. The first-order valence-corrected chi connectivity index (χ1v) is 12.8. The molecule has 0 amide bonds. The van der Waals surface area contributed by atoms with E-state index in [9.17, 15) is 13.2 Å². The Labute approximate surface area is 218 Å². The van der Waals surface area contributed by atoms with Gasteiger partial charge in [-0.2, -0.15) is 18.3 Å². The molecular weight excluding hydrogens is 495 g/mol. The number of hydrogen-bond donors (Lipinski definition) is 3. The standard InChI is InChI=1S/C27H30F3N7O/c1-16(31-11-12-38)23-25-20(14-21(33-23)27(28,29)30)24(34-35-25)19-10-6-9-18(13-19)22(17-7-4-3-5-8-17)26-36-32-15-37(26)2/h6,9-10,13-16,31,38H,3-5,7-8,11-12H2,1-2H3,(H,34,35)/t16-/m1/s1. The zero-order valence-electron chi connectivity index (χ0n) is 21.3. The first kappa shape index (κ1) is 26.1. The zero-order chi connectivity index (χ0) is 26.9. The van der Waals surface area contributed by atoms with Crippen molar-refractivity contribution in [3.8, 4) is 11.3 Å². The maximum absolute atomic E-state index is 13.8. The number of aliphatic hydroxyl groups excluding tert-OH is 1. The molecule has 0 saturated heterocycles. The number of nitrogens with zero attached hydrogens (tertiary/aromatic N) is 5. The third kappa shape index (κ3) is 5.08. The van der Waals surface area contributed by atoms with Crippen LogP contribution >= 0.6 is 0 Å². The maximum Gasteiger partial charge on any atom is 0.433 e. The molecular formula is C27H30F3N7O. The Bertz CT molecular complexity index is 1460. The van der Waals surface area contributed by atoms with Gasteiger partial charge in [0, 0.05) is 36.2 Å². The molecule has 3 aromatic heterocycles. The number of aliphatic hydroxyl groups is 1. The lowest BCUT2D eigenvalue weighted by atomic mass is 9.87. The highest BCUT2D eigenvalue weighted by atomic mass is 19.4. The van der Waals surface area contributed by atoms with Crippen molar-refractivity contribution in [2.45, 2.75) is 51.2 Å². The molecule has 0 bridgehead atoms. The zero-order valence-corrected chi connectivity index (χ0v) is 21.3. The first-order chi connectivity index (χ1) is 18.3. The quantitative estimate of drug-likeness (QED) is 0.307. The van der Waals surface area contributed by atoms with Crippen LogP contribution in [0.3, 0.4) is 0 Å². The Hall–Kier alpha value is -3.57. The summed E-state index contributed by atoms with van der Waals surface area (Å²) in [4.78, 5) is 3.92. The van der Waals surface area contributed by atoms with E-state index in [1.807, 2.05) is 35.9 Å². The third-order valence-electron chi connectivity index (χ3n) is 7.02. The smallest absolute Gasteiger partial charge is 0.395 e. The summed E-state index contributed by atoms with van der Waals surface area (Å²) < 4.78 is 43.4. The molecule has 8 nitrogen and oxygen atoms in total. The Kier molecular flexibility index (Phi) is 7.31. The van der Waals surface area contributed by atoms with E-state index in [1.165, 1.54) is 12.0 Å². The monoisotopic (exact) mass is 525 g/mol. The highest BCUT2D eigenvalue weighted by Crippen LogP contribution is 2.38. The fourth-order valence-corrected chi connectivity index (χ4v) is 5.15. The molecule has 0 unspecified atom stereocenters. The number of alkyl halides is 3. The number of aromatic amines is 1. The second-order valence-corrected chi connectivity index (χ2v) is 9.67. The fraction of sp³-hybridized carbons (Fsp3) is 0.407. The van der Waals surface area contributed by atoms with Crippen LogP contribution in [-0.4, -0.2) is 48.2 Å². The molecule has 0 spiro atoms. The van der Waals surface area contributed by atoms with Crippen molar-refractivity contribution in [3.05, 3.63) is 65.0 Å². The van der Waals surface area contributed by atoms with Crippen molar-refractivity contribution in [1.29, 1.82) is 0 Å². The largest absolute Gasteiger partial charge is 0.433 e. The van der Waals surface area contributed by atoms with Crippen LogP contribution in [0.2, 0.25) is 0 Å². The molecule has 1 saturated carbocycles. The number of aryl methyl sites for hydroxylation is 1. The number of allylic oxidation sites excluding steroid dienone is 1. The van der Waals surface area contributed by atoms with Gasteiger partial charge in [-0.3, -0.25) is 5.10 Å². The predicted molar refractivity (Wildman–Crippen MR) is 138 cm³/mol. The van der Waals surface area contributed by atoms with Gasteiger partial charge in [0.2, 0.25) is 0 Å². The van der Waals surface area contributed by atoms with Crippen LogP contribution in [-0.2, 0) is 13.2 Å². The van der Waals surface area contributed by atoms with E-state index in [0.29, 0.717) is 22.2 Å². The molecule has 38 heavy (non-hydrogen) atoms. The van der Waals surface area contributed by atoms with Gasteiger partial charge in [-0.1, -0.05) is 30.2 Å². The summed E-state index contributed by atoms with van der Waals surface area (Å²) in [5.41, 5.74) is 3.99. The van der Waals surface area contributed by atoms with Crippen LogP contribution < -0.4 is 5.32 Å². The minimum absolute atomic E-state index is 0.142. The lowest BCUT2D eigenvalue weighted by Crippen LogP contribution is -2.24. The van der Waals surface area contributed by atoms with Gasteiger partial charge in [-0.15, -0.1) is 10.2 Å². The first-order valence-electron chi connectivity index (χ1n) is 12.8. The summed E-state index contributed by atoms with van der Waals surface area (Å²) in [5, 5.41) is 28.3. The van der Waals surface area contributed by atoms with Gasteiger partial charge in [0.1, 0.15) is 17.7 Å². The number of nitrogens with one attached hydrogen (secondary N) is 2. The minimum Gasteiger partial charge on any atom is -0.395 e. The van der Waals surface area contributed by atoms with Gasteiger partial charge < -0.3 is 15.0 Å². The summed E-state index contributed by atoms with van der Waals surface area (Å²) >= 11 is 0. The average Bonchev–Trinajstić information content (AvgIpc) is 3.53. The molecule has 0 radical (unpaired) electrons. The van der Waals surface area contributed by atoms with Crippen molar-refractivity contribution >= 4 is 16.5 Å². The molecule has 200 valence electrons. The molecule has 11 heteroatoms. The van der Waals surface area contributed by atoms with E-state index >= 15 is 0 Å². The molecule has 1 aliphatic carbocycles. The van der Waals surface area contributed by atoms with Crippen molar-refractivity contribution < 1.29 is 18.3 Å². The Morgan fingerprint density at radius 1 is 1.18 bits per heavy atom. The topological polar surface area (TPSA) is 105 Å². The second kappa shape index (κ2) is 10.7. The molecule has 5 rings (SSSR count). The Morgan fingerprint density at radius 2 is 1.97 bits per heavy atom. The molecule has 3 heterocycles. The number of fused-ring (bicyclic) bond motifs is 1. The summed E-state index contributed by atoms with van der Waals surface area (Å²) in [6.07, 6.45) is 2.40. The Morgan fingerprint density at radius 3 is 2.66 bits per heavy atom. The SMILES string of the molecule is C[C@@H](NCCO)c1nc(C(F)(F)F)cc2c(-c3cccc(C(=C4CCCCC4)c4nncn4C)c3)n[nH]c12. The highest BCUT2D eigenvalue weighted by molar-refractivity contribution is 5.95. The van der Waals surface area contributed by atoms with Gasteiger partial charge in [0.25, 0.3) is 0 Å². The van der Waals surface area contributed by atoms with Crippen LogP contribution in [0.1, 0.15) is 67.8 Å². The summed E-state index contributed by atoms with van der Waals surface area (Å²) in [6, 6.07) is 8.21. The van der Waals surface area contributed by atoms with Crippen molar-refractivity contribution in [1.82, 2.24) is 35.3 Å². The molecule has 1 fully saturated rings. The van der Waals surface area contributed by atoms with Gasteiger partial charge >= 0.3 is 6.18 Å². The highest BCUT2D eigenvalue weighted by Gasteiger charge is 2.35. The molecule has 0 aliphatic heterocycles. The van der Waals surface area contributed by atoms with E-state index in [0.717, 1.165) is 48.7 Å². The van der Waals surface area contributed by atoms with E-state index in [2.05, 4.69) is 30.7 Å². The van der Waals surface area contributed by atoms with E-state index in [1.54, 1.807) is 13.3 Å². The molecule has 1 atom stereocenters. The minimum atomic E-state index is -4.63. The normalized spacial score (nSPS) is 15.3. The maximum atomic E-state index is 13.8. The van der Waals surface area contributed by atoms with Crippen LogP contribution in [0.5, 0.6) is 0 Å². The van der Waals surface area contributed by atoms with Crippen LogP contribution in [0.4, 0.5) is 13.2 Å². The van der Waals surface area contributed by atoms with Crippen LogP contribution in [0.15, 0.2) is 42.2 Å². The van der Waals surface area contributed by atoms with Crippen molar-refractivity contribution in [3.63, 3.8) is 0 Å². The molecule has 1 aromatic carbocycles. The van der Waals surface area contributed by atoms with Gasteiger partial charge in [0.15, 0.2) is 5.82 Å². The lowest BCUT2D eigenvalue weighted by molar-refractivity contribution is -0.141. The third-order valence-corrected chi connectivity index (χ3v) is 7.02. The fourth-order valence-electron chi connectivity index (χ4n) is 5.15. The number of rotatable bonds is 7. The number of hydrogen-bond acceptors (Lipinski definition) is 6. The van der Waals surface area contributed by atoms with Crippen molar-refractivity contribution in [2.75, 3.05) is 13.2 Å². The second-order valence-electron chi connectivity index (χ2n) is 9.67. The van der Waals surface area contributed by atoms with Gasteiger partial charge in [-0.25, -0.2) is 4.98 Å². The van der Waals surface area contributed by atoms with Crippen molar-refractivity contribution in [2.24, 2.45) is 7.05 Å². The number of H-pyrrole nitrogens is 1. The van der Waals surface area contributed by atoms with E-state index in [4.69, 9.17) is 5.11 Å². The van der Waals surface area contributed by atoms with Crippen LogP contribution in [0.25, 0.3) is 27.7 Å². The molecule has 1 aliphatic rings. The number of halogens is 3. The van der Waals surface area contributed by atoms with Gasteiger partial charge in [-0.05, 0) is 50.3 Å². The number of pyridine rings is 1. The number of aromatic nitrogens is 6. The van der Waals surface area contributed by atoms with Crippen LogP contribution in [0, 0.1) is 0 Å². The summed E-state index contributed by atoms with van der Waals surface area (Å²) in [6.45, 7) is 1.79. The average molecular weight is 526 g/mol. The summed E-state index contributed by atoms with van der Waals surface area (Å²) in [7, 11) is 1.91. The summed E-state index contributed by atoms with van der Waals surface area (Å²) in [5.74, 6) is 0.764. The number of benzene rings is 1. The van der Waals surface area contributed by atoms with Gasteiger partial charge in [0.05, 0.1) is 17.8 Å². The van der Waals surface area contributed by atoms with E-state index < -0.39 is 17.9 Å². The molecule has 4 aromatic rings. The van der Waals surface area contributed by atoms with E-state index in [-0.39, 0.29) is 18.8 Å².